The van der Waals surface area contributed by atoms with Crippen LogP contribution in [0.3, 0.4) is 0 Å². The van der Waals surface area contributed by atoms with Gasteiger partial charge in [0, 0.05) is 19.2 Å². The second-order valence-electron chi connectivity index (χ2n) is 4.29. The molecule has 0 aliphatic carbocycles. The van der Waals surface area contributed by atoms with Crippen LogP contribution in [0.15, 0.2) is 24.3 Å². The lowest BCUT2D eigenvalue weighted by atomic mass is 10.1. The molecule has 1 rings (SSSR count). The van der Waals surface area contributed by atoms with Crippen LogP contribution in [0, 0.1) is 0 Å². The van der Waals surface area contributed by atoms with E-state index in [1.54, 1.807) is 24.3 Å². The highest BCUT2D eigenvalue weighted by atomic mass is 16.2. The van der Waals surface area contributed by atoms with Crippen molar-refractivity contribution in [3.05, 3.63) is 29.8 Å². The van der Waals surface area contributed by atoms with Crippen LogP contribution in [-0.4, -0.2) is 30.8 Å². The van der Waals surface area contributed by atoms with E-state index in [1.807, 2.05) is 6.92 Å². The summed E-state index contributed by atoms with van der Waals surface area (Å²) in [6.45, 7) is 3.77. The monoisotopic (exact) mass is 277 g/mol. The number of amides is 3. The van der Waals surface area contributed by atoms with Crippen molar-refractivity contribution in [2.75, 3.05) is 18.4 Å². The molecular weight excluding hydrogens is 258 g/mol. The van der Waals surface area contributed by atoms with E-state index in [-0.39, 0.29) is 30.7 Å². The molecule has 6 heteroatoms. The first-order valence-electron chi connectivity index (χ1n) is 6.41. The maximum absolute atomic E-state index is 11.6. The molecule has 0 unspecified atom stereocenters. The first kappa shape index (κ1) is 15.7. The van der Waals surface area contributed by atoms with E-state index in [0.29, 0.717) is 12.2 Å². The molecule has 0 saturated heterocycles. The maximum atomic E-state index is 11.6. The molecule has 0 aliphatic rings. The summed E-state index contributed by atoms with van der Waals surface area (Å²) in [5.74, 6) is -0.567. The predicted molar refractivity (Wildman–Crippen MR) is 76.1 cm³/mol. The second-order valence-corrected chi connectivity index (χ2v) is 4.29. The molecule has 1 aromatic rings. The van der Waals surface area contributed by atoms with Gasteiger partial charge in [0.1, 0.15) is 0 Å². The minimum absolute atomic E-state index is 0.0172. The lowest BCUT2D eigenvalue weighted by Gasteiger charge is -2.06. The van der Waals surface area contributed by atoms with Crippen LogP contribution < -0.4 is 16.0 Å². The van der Waals surface area contributed by atoms with Crippen LogP contribution in [0.1, 0.15) is 19.4 Å². The van der Waals surface area contributed by atoms with Crippen molar-refractivity contribution in [3.63, 3.8) is 0 Å². The molecule has 0 aliphatic heterocycles. The maximum Gasteiger partial charge on any atom is 0.239 e. The van der Waals surface area contributed by atoms with E-state index in [4.69, 9.17) is 0 Å². The second kappa shape index (κ2) is 7.93. The molecule has 108 valence electrons. The topological polar surface area (TPSA) is 87.3 Å². The van der Waals surface area contributed by atoms with Crippen LogP contribution in [0.4, 0.5) is 5.69 Å². The zero-order chi connectivity index (χ0) is 15.0. The molecule has 0 atom stereocenters. The standard InChI is InChI=1S/C14H19N3O3/c1-3-15-14(20)9-16-13(19)8-11-4-6-12(7-5-11)17-10(2)18/h4-7H,3,8-9H2,1-2H3,(H,15,20)(H,16,19)(H,17,18). The van der Waals surface area contributed by atoms with Crippen molar-refractivity contribution in [1.82, 2.24) is 10.6 Å². The Morgan fingerprint density at radius 2 is 1.65 bits per heavy atom. The summed E-state index contributed by atoms with van der Waals surface area (Å²) < 4.78 is 0. The Hall–Kier alpha value is -2.37. The van der Waals surface area contributed by atoms with Gasteiger partial charge < -0.3 is 16.0 Å². The van der Waals surface area contributed by atoms with Gasteiger partial charge in [0.05, 0.1) is 13.0 Å². The van der Waals surface area contributed by atoms with Crippen molar-refractivity contribution in [1.29, 1.82) is 0 Å². The molecular formula is C14H19N3O3. The third kappa shape index (κ3) is 5.99. The number of rotatable bonds is 6. The lowest BCUT2D eigenvalue weighted by Crippen LogP contribution is -2.37. The van der Waals surface area contributed by atoms with Gasteiger partial charge in [-0.2, -0.15) is 0 Å². The van der Waals surface area contributed by atoms with Gasteiger partial charge in [-0.15, -0.1) is 0 Å². The molecule has 3 amide bonds. The minimum atomic E-state index is -0.219. The number of carbonyl (C=O) groups is 3. The zero-order valence-electron chi connectivity index (χ0n) is 11.7. The van der Waals surface area contributed by atoms with E-state index in [1.165, 1.54) is 6.92 Å². The Morgan fingerprint density at radius 1 is 1.00 bits per heavy atom. The van der Waals surface area contributed by atoms with Crippen molar-refractivity contribution in [3.8, 4) is 0 Å². The van der Waals surface area contributed by atoms with Crippen molar-refractivity contribution in [2.24, 2.45) is 0 Å². The molecule has 0 heterocycles. The highest BCUT2D eigenvalue weighted by molar-refractivity contribution is 5.89. The van der Waals surface area contributed by atoms with Crippen LogP contribution in [0.25, 0.3) is 0 Å². The quantitative estimate of drug-likeness (QED) is 0.705. The predicted octanol–water partition coefficient (Wildman–Crippen LogP) is 0.440. The molecule has 0 saturated carbocycles. The van der Waals surface area contributed by atoms with Gasteiger partial charge in [-0.3, -0.25) is 14.4 Å². The van der Waals surface area contributed by atoms with E-state index in [0.717, 1.165) is 5.56 Å². The SMILES string of the molecule is CCNC(=O)CNC(=O)Cc1ccc(NC(C)=O)cc1. The highest BCUT2D eigenvalue weighted by Gasteiger charge is 2.06. The van der Waals surface area contributed by atoms with E-state index < -0.39 is 0 Å². The molecule has 6 nitrogen and oxygen atoms in total. The normalized spacial score (nSPS) is 9.70. The van der Waals surface area contributed by atoms with Crippen molar-refractivity contribution >= 4 is 23.4 Å². The number of anilines is 1. The van der Waals surface area contributed by atoms with Crippen molar-refractivity contribution < 1.29 is 14.4 Å². The Bertz CT molecular complexity index is 483. The van der Waals surface area contributed by atoms with Gasteiger partial charge in [-0.05, 0) is 24.6 Å². The fourth-order valence-electron chi connectivity index (χ4n) is 1.60. The minimum Gasteiger partial charge on any atom is -0.355 e. The molecule has 0 aromatic heterocycles. The Labute approximate surface area is 117 Å². The zero-order valence-corrected chi connectivity index (χ0v) is 11.7. The van der Waals surface area contributed by atoms with Gasteiger partial charge >= 0.3 is 0 Å². The van der Waals surface area contributed by atoms with E-state index >= 15 is 0 Å². The number of carbonyl (C=O) groups excluding carboxylic acids is 3. The molecule has 0 spiro atoms. The molecule has 1 aromatic carbocycles. The van der Waals surface area contributed by atoms with Gasteiger partial charge in [0.25, 0.3) is 0 Å². The van der Waals surface area contributed by atoms with Crippen LogP contribution in [-0.2, 0) is 20.8 Å². The van der Waals surface area contributed by atoms with E-state index in [9.17, 15) is 14.4 Å². The summed E-state index contributed by atoms with van der Waals surface area (Å²) in [4.78, 5) is 33.7. The number of nitrogens with one attached hydrogen (secondary N) is 3. The number of hydrogen-bond donors (Lipinski definition) is 3. The fraction of sp³-hybridized carbons (Fsp3) is 0.357. The highest BCUT2D eigenvalue weighted by Crippen LogP contribution is 2.09. The van der Waals surface area contributed by atoms with Crippen LogP contribution in [0.2, 0.25) is 0 Å². The Balaban J connectivity index is 2.42. The molecule has 3 N–H and O–H groups in total. The van der Waals surface area contributed by atoms with Crippen LogP contribution >= 0.6 is 0 Å². The number of likely N-dealkylation sites (N-methyl/N-ethyl adjacent to an activating group) is 1. The number of hydrogen-bond acceptors (Lipinski definition) is 3. The van der Waals surface area contributed by atoms with Gasteiger partial charge in [-0.1, -0.05) is 12.1 Å². The average molecular weight is 277 g/mol. The molecule has 20 heavy (non-hydrogen) atoms. The summed E-state index contributed by atoms with van der Waals surface area (Å²) in [5, 5.41) is 7.79. The summed E-state index contributed by atoms with van der Waals surface area (Å²) in [5.41, 5.74) is 1.50. The third-order valence-electron chi connectivity index (χ3n) is 2.46. The third-order valence-corrected chi connectivity index (χ3v) is 2.46. The van der Waals surface area contributed by atoms with Crippen molar-refractivity contribution in [2.45, 2.75) is 20.3 Å². The average Bonchev–Trinajstić information content (AvgIpc) is 2.38. The Morgan fingerprint density at radius 3 is 2.20 bits per heavy atom. The lowest BCUT2D eigenvalue weighted by molar-refractivity contribution is -0.125. The summed E-state index contributed by atoms with van der Waals surface area (Å²) >= 11 is 0. The molecule has 0 radical (unpaired) electrons. The first-order chi connectivity index (χ1) is 9.51. The van der Waals surface area contributed by atoms with E-state index in [2.05, 4.69) is 16.0 Å². The largest absolute Gasteiger partial charge is 0.355 e. The summed E-state index contributed by atoms with van der Waals surface area (Å²) in [7, 11) is 0. The molecule has 0 fully saturated rings. The Kier molecular flexibility index (Phi) is 6.22. The summed E-state index contributed by atoms with van der Waals surface area (Å²) in [6, 6.07) is 6.98. The first-order valence-corrected chi connectivity index (χ1v) is 6.41. The number of benzene rings is 1. The summed E-state index contributed by atoms with van der Waals surface area (Å²) in [6.07, 6.45) is 0.194. The van der Waals surface area contributed by atoms with Gasteiger partial charge in [0.15, 0.2) is 0 Å². The van der Waals surface area contributed by atoms with Gasteiger partial charge in [0.2, 0.25) is 17.7 Å². The van der Waals surface area contributed by atoms with Gasteiger partial charge in [-0.25, -0.2) is 0 Å². The smallest absolute Gasteiger partial charge is 0.239 e. The molecule has 0 bridgehead atoms. The fourth-order valence-corrected chi connectivity index (χ4v) is 1.60. The van der Waals surface area contributed by atoms with Crippen LogP contribution in [0.5, 0.6) is 0 Å².